The number of hydrogen-bond acceptors (Lipinski definition) is 5. The number of allylic oxidation sites excluding steroid dienone is 1. The van der Waals surface area contributed by atoms with E-state index in [1.807, 2.05) is 22.8 Å². The van der Waals surface area contributed by atoms with Crippen molar-refractivity contribution >= 4 is 35.1 Å². The summed E-state index contributed by atoms with van der Waals surface area (Å²) in [5, 5.41) is 11.5. The van der Waals surface area contributed by atoms with E-state index in [9.17, 15) is 18.0 Å². The molecule has 0 fully saturated rings. The van der Waals surface area contributed by atoms with E-state index in [1.54, 1.807) is 17.8 Å². The molecule has 0 aliphatic rings. The summed E-state index contributed by atoms with van der Waals surface area (Å²) in [7, 11) is 0. The maximum absolute atomic E-state index is 12.8. The Balaban J connectivity index is 1.57. The molecule has 1 aromatic heterocycles. The van der Waals surface area contributed by atoms with Gasteiger partial charge in [-0.25, -0.2) is 0 Å². The lowest BCUT2D eigenvalue weighted by Gasteiger charge is -2.10. The number of carbonyl (C=O) groups is 1. The molecule has 0 saturated heterocycles. The zero-order chi connectivity index (χ0) is 23.0. The fourth-order valence-electron chi connectivity index (χ4n) is 2.78. The van der Waals surface area contributed by atoms with E-state index in [0.717, 1.165) is 23.7 Å². The first-order valence-corrected chi connectivity index (χ1v) is 11.8. The summed E-state index contributed by atoms with van der Waals surface area (Å²) in [5.74, 6) is 1.81. The number of hydrogen-bond donors (Lipinski definition) is 1. The molecule has 32 heavy (non-hydrogen) atoms. The molecular formula is C22H21F3N4OS2. The number of nitrogens with zero attached hydrogens (tertiary/aromatic N) is 3. The Morgan fingerprint density at radius 1 is 1.09 bits per heavy atom. The van der Waals surface area contributed by atoms with Gasteiger partial charge in [0.2, 0.25) is 5.91 Å². The molecule has 168 valence electrons. The van der Waals surface area contributed by atoms with Gasteiger partial charge < -0.3 is 9.88 Å². The fraction of sp³-hybridized carbons (Fsp3) is 0.227. The Morgan fingerprint density at radius 2 is 1.88 bits per heavy atom. The van der Waals surface area contributed by atoms with E-state index < -0.39 is 17.6 Å². The number of amides is 1. The Labute approximate surface area is 192 Å². The lowest BCUT2D eigenvalue weighted by molar-refractivity contribution is -0.137. The van der Waals surface area contributed by atoms with Gasteiger partial charge in [0.05, 0.1) is 17.1 Å². The van der Waals surface area contributed by atoms with Crippen molar-refractivity contribution in [3.63, 3.8) is 0 Å². The van der Waals surface area contributed by atoms with Crippen molar-refractivity contribution in [1.82, 2.24) is 14.8 Å². The van der Waals surface area contributed by atoms with Gasteiger partial charge in [-0.15, -0.1) is 28.5 Å². The largest absolute Gasteiger partial charge is 0.416 e. The van der Waals surface area contributed by atoms with Gasteiger partial charge >= 0.3 is 6.18 Å². The van der Waals surface area contributed by atoms with Crippen molar-refractivity contribution in [2.75, 3.05) is 11.1 Å². The standard InChI is InChI=1S/C22H21F3N4OS2/c1-2-11-29-19(14-31-13-16-7-4-3-5-8-16)27-28-21(29)32-15-20(30)26-18-10-6-9-17(12-18)22(23,24)25/h2-10,12H,1,11,13-15H2,(H,26,30). The van der Waals surface area contributed by atoms with E-state index in [0.29, 0.717) is 17.5 Å². The zero-order valence-corrected chi connectivity index (χ0v) is 18.6. The van der Waals surface area contributed by atoms with Crippen LogP contribution in [0.5, 0.6) is 0 Å². The minimum absolute atomic E-state index is 0.0112. The number of benzene rings is 2. The SMILES string of the molecule is C=CCn1c(CSCc2ccccc2)nnc1SCC(=O)Nc1cccc(C(F)(F)F)c1. The van der Waals surface area contributed by atoms with Gasteiger partial charge in [-0.3, -0.25) is 4.79 Å². The Morgan fingerprint density at radius 3 is 2.59 bits per heavy atom. The number of alkyl halides is 3. The second kappa shape index (κ2) is 11.2. The van der Waals surface area contributed by atoms with Crippen LogP contribution in [-0.2, 0) is 29.0 Å². The predicted molar refractivity (Wildman–Crippen MR) is 122 cm³/mol. The summed E-state index contributed by atoms with van der Waals surface area (Å²) in [6.45, 7) is 4.25. The third kappa shape index (κ3) is 6.89. The minimum Gasteiger partial charge on any atom is -0.325 e. The first-order valence-electron chi connectivity index (χ1n) is 9.61. The molecule has 5 nitrogen and oxygen atoms in total. The highest BCUT2D eigenvalue weighted by Gasteiger charge is 2.30. The quantitative estimate of drug-likeness (QED) is 0.302. The molecule has 0 aliphatic heterocycles. The van der Waals surface area contributed by atoms with Gasteiger partial charge in [0.1, 0.15) is 5.82 Å². The number of anilines is 1. The van der Waals surface area contributed by atoms with Crippen LogP contribution in [0.2, 0.25) is 0 Å². The average Bonchev–Trinajstić information content (AvgIpc) is 3.14. The van der Waals surface area contributed by atoms with Crippen molar-refractivity contribution in [1.29, 1.82) is 0 Å². The fourth-order valence-corrected chi connectivity index (χ4v) is 4.47. The van der Waals surface area contributed by atoms with Gasteiger partial charge in [0, 0.05) is 18.0 Å². The molecule has 10 heteroatoms. The minimum atomic E-state index is -4.47. The number of nitrogens with one attached hydrogen (secondary N) is 1. The second-order valence-electron chi connectivity index (χ2n) is 6.69. The summed E-state index contributed by atoms with van der Waals surface area (Å²) < 4.78 is 40.4. The molecule has 0 radical (unpaired) electrons. The molecule has 0 aliphatic carbocycles. The van der Waals surface area contributed by atoms with Crippen LogP contribution in [0.4, 0.5) is 18.9 Å². The number of thioether (sulfide) groups is 2. The Kier molecular flexibility index (Phi) is 8.40. The van der Waals surface area contributed by atoms with Crippen molar-refractivity contribution in [3.05, 3.63) is 84.2 Å². The number of rotatable bonds is 10. The van der Waals surface area contributed by atoms with Crippen LogP contribution in [0.3, 0.4) is 0 Å². The summed E-state index contributed by atoms with van der Waals surface area (Å²) >= 11 is 2.88. The van der Waals surface area contributed by atoms with Gasteiger partial charge in [-0.05, 0) is 23.8 Å². The molecule has 0 atom stereocenters. The second-order valence-corrected chi connectivity index (χ2v) is 8.62. The van der Waals surface area contributed by atoms with Crippen LogP contribution in [0.1, 0.15) is 17.0 Å². The third-order valence-electron chi connectivity index (χ3n) is 4.25. The number of carbonyl (C=O) groups excluding carboxylic acids is 1. The number of halogens is 3. The molecule has 3 aromatic rings. The monoisotopic (exact) mass is 478 g/mol. The molecule has 0 bridgehead atoms. The molecular weight excluding hydrogens is 457 g/mol. The van der Waals surface area contributed by atoms with Gasteiger partial charge in [0.25, 0.3) is 0 Å². The Bertz CT molecular complexity index is 1050. The molecule has 1 amide bonds. The van der Waals surface area contributed by atoms with Crippen molar-refractivity contribution in [3.8, 4) is 0 Å². The first kappa shape index (κ1) is 23.9. The normalized spacial score (nSPS) is 11.3. The average molecular weight is 479 g/mol. The lowest BCUT2D eigenvalue weighted by Crippen LogP contribution is -2.15. The van der Waals surface area contributed by atoms with Gasteiger partial charge in [0.15, 0.2) is 5.16 Å². The summed E-state index contributed by atoms with van der Waals surface area (Å²) in [6, 6.07) is 14.6. The van der Waals surface area contributed by atoms with Crippen molar-refractivity contribution < 1.29 is 18.0 Å². The summed E-state index contributed by atoms with van der Waals surface area (Å²) in [5.41, 5.74) is 0.496. The van der Waals surface area contributed by atoms with E-state index in [2.05, 4.69) is 34.2 Å². The van der Waals surface area contributed by atoms with Crippen LogP contribution in [0.15, 0.2) is 72.4 Å². The molecule has 0 saturated carbocycles. The first-order chi connectivity index (χ1) is 15.4. The lowest BCUT2D eigenvalue weighted by atomic mass is 10.2. The van der Waals surface area contributed by atoms with E-state index in [1.165, 1.54) is 29.5 Å². The van der Waals surface area contributed by atoms with Crippen LogP contribution in [0.25, 0.3) is 0 Å². The highest BCUT2D eigenvalue weighted by atomic mass is 32.2. The van der Waals surface area contributed by atoms with Crippen LogP contribution >= 0.6 is 23.5 Å². The summed E-state index contributed by atoms with van der Waals surface area (Å²) in [4.78, 5) is 12.3. The summed E-state index contributed by atoms with van der Waals surface area (Å²) in [6.07, 6.45) is -2.74. The van der Waals surface area contributed by atoms with Crippen LogP contribution in [-0.4, -0.2) is 26.4 Å². The zero-order valence-electron chi connectivity index (χ0n) is 17.0. The smallest absolute Gasteiger partial charge is 0.325 e. The number of aromatic nitrogens is 3. The van der Waals surface area contributed by atoms with Crippen LogP contribution < -0.4 is 5.32 Å². The molecule has 1 N–H and O–H groups in total. The van der Waals surface area contributed by atoms with E-state index in [4.69, 9.17) is 0 Å². The van der Waals surface area contributed by atoms with E-state index in [-0.39, 0.29) is 11.4 Å². The maximum Gasteiger partial charge on any atom is 0.416 e. The van der Waals surface area contributed by atoms with Crippen molar-refractivity contribution in [2.24, 2.45) is 0 Å². The predicted octanol–water partition coefficient (Wildman–Crippen LogP) is 5.65. The Hall–Kier alpha value is -2.72. The van der Waals surface area contributed by atoms with Crippen LogP contribution in [0, 0.1) is 0 Å². The molecule has 3 rings (SSSR count). The molecule has 2 aromatic carbocycles. The molecule has 0 unspecified atom stereocenters. The molecule has 0 spiro atoms. The maximum atomic E-state index is 12.8. The highest BCUT2D eigenvalue weighted by Crippen LogP contribution is 2.30. The highest BCUT2D eigenvalue weighted by molar-refractivity contribution is 7.99. The topological polar surface area (TPSA) is 59.8 Å². The third-order valence-corrected chi connectivity index (χ3v) is 6.22. The van der Waals surface area contributed by atoms with Gasteiger partial charge in [-0.2, -0.15) is 13.2 Å². The van der Waals surface area contributed by atoms with Gasteiger partial charge in [-0.1, -0.05) is 54.2 Å². The van der Waals surface area contributed by atoms with E-state index >= 15 is 0 Å². The van der Waals surface area contributed by atoms with Crippen molar-refractivity contribution in [2.45, 2.75) is 29.4 Å². The molecule has 1 heterocycles.